The molecule has 1 aromatic carbocycles. The van der Waals surface area contributed by atoms with Crippen molar-refractivity contribution in [1.82, 2.24) is 14.5 Å². The van der Waals surface area contributed by atoms with Crippen LogP contribution >= 0.6 is 12.2 Å². The number of fused-ring (bicyclic) bond motifs is 1. The van der Waals surface area contributed by atoms with Crippen molar-refractivity contribution in [2.24, 2.45) is 0 Å². The fourth-order valence-electron chi connectivity index (χ4n) is 2.01. The smallest absolute Gasteiger partial charge is 0.183 e. The van der Waals surface area contributed by atoms with E-state index in [9.17, 15) is 0 Å². The van der Waals surface area contributed by atoms with Crippen LogP contribution in [0.5, 0.6) is 0 Å². The van der Waals surface area contributed by atoms with Crippen molar-refractivity contribution in [1.29, 1.82) is 0 Å². The lowest BCUT2D eigenvalue weighted by atomic mass is 10.3. The number of H-pyrrole nitrogens is 1. The number of imidazole rings is 1. The number of hydrogen-bond donors (Lipinski definition) is 1. The van der Waals surface area contributed by atoms with E-state index in [0.717, 1.165) is 16.9 Å². The van der Waals surface area contributed by atoms with Crippen LogP contribution in [0, 0.1) is 4.77 Å². The molecule has 3 rings (SSSR count). The molecule has 4 heteroatoms. The third-order valence-corrected chi connectivity index (χ3v) is 3.19. The van der Waals surface area contributed by atoms with Gasteiger partial charge in [-0.25, -0.2) is 4.98 Å². The lowest BCUT2D eigenvalue weighted by Gasteiger charge is -2.01. The molecule has 3 nitrogen and oxygen atoms in total. The Bertz CT molecular complexity index is 822. The number of aromatic amines is 1. The van der Waals surface area contributed by atoms with Gasteiger partial charge in [-0.05, 0) is 36.5 Å². The fraction of sp³-hybridized carbons (Fsp3) is 0. The Labute approximate surface area is 121 Å². The molecule has 0 aliphatic carbocycles. The highest BCUT2D eigenvalue weighted by molar-refractivity contribution is 7.71. The lowest BCUT2D eigenvalue weighted by Crippen LogP contribution is -1.93. The first-order valence-electron chi connectivity index (χ1n) is 6.31. The van der Waals surface area contributed by atoms with Crippen LogP contribution in [-0.4, -0.2) is 14.5 Å². The summed E-state index contributed by atoms with van der Waals surface area (Å²) in [5.41, 5.74) is 2.73. The largest absolute Gasteiger partial charge is 0.329 e. The summed E-state index contributed by atoms with van der Waals surface area (Å²) < 4.78 is 2.57. The third-order valence-electron chi connectivity index (χ3n) is 2.90. The summed E-state index contributed by atoms with van der Waals surface area (Å²) in [5.74, 6) is 0. The summed E-state index contributed by atoms with van der Waals surface area (Å²) in [6, 6.07) is 21.8. The SMILES string of the molecule is S=c1[nH]c2cccnc2n1-c1ccccccccc1. The van der Waals surface area contributed by atoms with E-state index in [4.69, 9.17) is 12.2 Å². The van der Waals surface area contributed by atoms with Gasteiger partial charge in [-0.2, -0.15) is 0 Å². The van der Waals surface area contributed by atoms with Crippen molar-refractivity contribution in [2.45, 2.75) is 0 Å². The molecule has 3 aromatic rings. The average Bonchev–Trinajstić information content (AvgIpc) is 2.80. The molecule has 0 amide bonds. The molecule has 0 aliphatic heterocycles. The minimum Gasteiger partial charge on any atom is -0.329 e. The molecule has 0 bridgehead atoms. The van der Waals surface area contributed by atoms with Crippen LogP contribution in [0.15, 0.2) is 72.9 Å². The minimum atomic E-state index is 0.639. The second-order valence-electron chi connectivity index (χ2n) is 4.25. The van der Waals surface area contributed by atoms with Gasteiger partial charge in [-0.3, -0.25) is 4.57 Å². The third kappa shape index (κ3) is 2.46. The predicted molar refractivity (Wildman–Crippen MR) is 83.9 cm³/mol. The maximum absolute atomic E-state index is 5.41. The number of rotatable bonds is 1. The van der Waals surface area contributed by atoms with Crippen LogP contribution in [0.1, 0.15) is 0 Å². The first-order chi connectivity index (χ1) is 9.86. The molecule has 0 atom stereocenters. The highest BCUT2D eigenvalue weighted by Crippen LogP contribution is 2.15. The van der Waals surface area contributed by atoms with Crippen LogP contribution < -0.4 is 0 Å². The Kier molecular flexibility index (Phi) is 3.56. The lowest BCUT2D eigenvalue weighted by molar-refractivity contribution is 1.05. The second-order valence-corrected chi connectivity index (χ2v) is 4.63. The van der Waals surface area contributed by atoms with Gasteiger partial charge in [0.25, 0.3) is 0 Å². The summed E-state index contributed by atoms with van der Waals surface area (Å²) in [7, 11) is 0. The maximum Gasteiger partial charge on any atom is 0.183 e. The van der Waals surface area contributed by atoms with Crippen molar-refractivity contribution in [3.8, 4) is 5.69 Å². The summed E-state index contributed by atoms with van der Waals surface area (Å²) in [4.78, 5) is 7.58. The van der Waals surface area contributed by atoms with Crippen molar-refractivity contribution in [2.75, 3.05) is 0 Å². The van der Waals surface area contributed by atoms with Crippen molar-refractivity contribution in [3.63, 3.8) is 0 Å². The van der Waals surface area contributed by atoms with Crippen LogP contribution in [-0.2, 0) is 0 Å². The van der Waals surface area contributed by atoms with E-state index in [1.54, 1.807) is 6.20 Å². The quantitative estimate of drug-likeness (QED) is 0.677. The molecule has 2 heterocycles. The molecule has 20 heavy (non-hydrogen) atoms. The molecular formula is C16H13N3S. The number of aromatic nitrogens is 3. The van der Waals surface area contributed by atoms with Crippen LogP contribution in [0.2, 0.25) is 0 Å². The van der Waals surface area contributed by atoms with E-state index in [1.807, 2.05) is 71.3 Å². The fourth-order valence-corrected chi connectivity index (χ4v) is 2.32. The van der Waals surface area contributed by atoms with Gasteiger partial charge < -0.3 is 4.98 Å². The van der Waals surface area contributed by atoms with Gasteiger partial charge in [0.2, 0.25) is 0 Å². The number of hydrogen-bond acceptors (Lipinski definition) is 2. The van der Waals surface area contributed by atoms with Crippen molar-refractivity contribution < 1.29 is 0 Å². The first-order valence-corrected chi connectivity index (χ1v) is 6.71. The van der Waals surface area contributed by atoms with E-state index >= 15 is 0 Å². The Hall–Kier alpha value is -2.46. The molecule has 0 saturated heterocycles. The minimum absolute atomic E-state index is 0.639. The highest BCUT2D eigenvalue weighted by atomic mass is 32.1. The maximum atomic E-state index is 5.41. The molecule has 0 fully saturated rings. The number of pyridine rings is 1. The molecular weight excluding hydrogens is 266 g/mol. The second kappa shape index (κ2) is 5.67. The standard InChI is InChI=1S/C16H13N3S/c20-16-18-14-11-8-12-17-15(14)19(16)13-9-6-4-2-1-3-5-7-10-13/h1-12H,(H,18,20). The van der Waals surface area contributed by atoms with Crippen molar-refractivity contribution >= 4 is 23.4 Å². The summed E-state index contributed by atoms with van der Waals surface area (Å²) >= 11 is 5.41. The molecule has 0 saturated carbocycles. The zero-order valence-electron chi connectivity index (χ0n) is 10.7. The van der Waals surface area contributed by atoms with Gasteiger partial charge in [0.15, 0.2) is 10.4 Å². The molecule has 1 N–H and O–H groups in total. The zero-order valence-corrected chi connectivity index (χ0v) is 11.5. The van der Waals surface area contributed by atoms with Crippen LogP contribution in [0.25, 0.3) is 16.9 Å². The highest BCUT2D eigenvalue weighted by Gasteiger charge is 2.05. The average molecular weight is 279 g/mol. The topological polar surface area (TPSA) is 33.6 Å². The van der Waals surface area contributed by atoms with E-state index in [-0.39, 0.29) is 0 Å². The van der Waals surface area contributed by atoms with Gasteiger partial charge in [0.05, 0.1) is 5.52 Å². The summed E-state index contributed by atoms with van der Waals surface area (Å²) in [6.45, 7) is 0. The van der Waals surface area contributed by atoms with Crippen LogP contribution in [0.4, 0.5) is 0 Å². The molecule has 98 valence electrons. The van der Waals surface area contributed by atoms with Gasteiger partial charge in [-0.15, -0.1) is 0 Å². The van der Waals surface area contributed by atoms with E-state index in [0.29, 0.717) is 4.77 Å². The number of nitrogens with zero attached hydrogens (tertiary/aromatic N) is 2. The van der Waals surface area contributed by atoms with Crippen molar-refractivity contribution in [3.05, 3.63) is 77.7 Å². The molecule has 0 radical (unpaired) electrons. The Morgan fingerprint density at radius 1 is 0.850 bits per heavy atom. The van der Waals surface area contributed by atoms with E-state index in [2.05, 4.69) is 9.97 Å². The Balaban J connectivity index is 2.31. The predicted octanol–water partition coefficient (Wildman–Crippen LogP) is 4.21. The van der Waals surface area contributed by atoms with Gasteiger partial charge in [-0.1, -0.05) is 42.5 Å². The van der Waals surface area contributed by atoms with Crippen LogP contribution in [0.3, 0.4) is 0 Å². The Morgan fingerprint density at radius 3 is 2.20 bits per heavy atom. The summed E-state index contributed by atoms with van der Waals surface area (Å²) in [5, 5.41) is 0. The monoisotopic (exact) mass is 279 g/mol. The zero-order chi connectivity index (χ0) is 13.8. The first kappa shape index (κ1) is 12.6. The van der Waals surface area contributed by atoms with Gasteiger partial charge >= 0.3 is 0 Å². The normalized spacial score (nSPS) is 10.2. The Morgan fingerprint density at radius 2 is 1.50 bits per heavy atom. The van der Waals surface area contributed by atoms with E-state index < -0.39 is 0 Å². The molecule has 0 spiro atoms. The molecule has 2 aromatic heterocycles. The van der Waals surface area contributed by atoms with E-state index in [1.165, 1.54) is 0 Å². The summed E-state index contributed by atoms with van der Waals surface area (Å²) in [6.07, 6.45) is 1.77. The van der Waals surface area contributed by atoms with Gasteiger partial charge in [0.1, 0.15) is 0 Å². The molecule has 0 aliphatic rings. The molecule has 0 unspecified atom stereocenters. The van der Waals surface area contributed by atoms with Gasteiger partial charge in [0, 0.05) is 11.9 Å². The number of nitrogens with one attached hydrogen (secondary N) is 1.